The van der Waals surface area contributed by atoms with E-state index in [0.717, 1.165) is 16.8 Å². The number of anilines is 1. The van der Waals surface area contributed by atoms with Crippen molar-refractivity contribution in [1.29, 1.82) is 0 Å². The summed E-state index contributed by atoms with van der Waals surface area (Å²) in [6.45, 7) is 1.89. The monoisotopic (exact) mass is 203 g/mol. The van der Waals surface area contributed by atoms with Gasteiger partial charge >= 0.3 is 0 Å². The number of benzene rings is 1. The highest BCUT2D eigenvalue weighted by Crippen LogP contribution is 2.21. The lowest BCUT2D eigenvalue weighted by atomic mass is 10.1. The van der Waals surface area contributed by atoms with Crippen molar-refractivity contribution in [2.75, 3.05) is 5.73 Å². The molecule has 0 aliphatic rings. The van der Waals surface area contributed by atoms with Gasteiger partial charge in [-0.15, -0.1) is 10.2 Å². The summed E-state index contributed by atoms with van der Waals surface area (Å²) >= 11 is 0. The van der Waals surface area contributed by atoms with Crippen LogP contribution in [-0.4, -0.2) is 10.2 Å². The summed E-state index contributed by atoms with van der Waals surface area (Å²) in [5.74, 6) is 0.123. The third-order valence-electron chi connectivity index (χ3n) is 2.12. The van der Waals surface area contributed by atoms with Crippen LogP contribution in [-0.2, 0) is 0 Å². The SMILES string of the molecule is Cc1cc(N)nnc1-c1ccc(F)cc1. The summed E-state index contributed by atoms with van der Waals surface area (Å²) in [5, 5.41) is 7.75. The number of nitrogens with two attached hydrogens (primary N) is 1. The van der Waals surface area contributed by atoms with Gasteiger partial charge < -0.3 is 5.73 Å². The molecule has 0 aliphatic heterocycles. The van der Waals surface area contributed by atoms with Gasteiger partial charge in [0.2, 0.25) is 0 Å². The van der Waals surface area contributed by atoms with Crippen LogP contribution in [0.25, 0.3) is 11.3 Å². The standard InChI is InChI=1S/C11H10FN3/c1-7-6-10(13)14-15-11(7)8-2-4-9(12)5-3-8/h2-6H,1H3,(H2,13,14). The maximum absolute atomic E-state index is 12.7. The van der Waals surface area contributed by atoms with Gasteiger partial charge in [0.1, 0.15) is 11.6 Å². The van der Waals surface area contributed by atoms with Crippen molar-refractivity contribution in [3.05, 3.63) is 41.7 Å². The van der Waals surface area contributed by atoms with Crippen LogP contribution in [0.5, 0.6) is 0 Å². The van der Waals surface area contributed by atoms with Gasteiger partial charge in [-0.25, -0.2) is 4.39 Å². The lowest BCUT2D eigenvalue weighted by molar-refractivity contribution is 0.628. The molecule has 0 amide bonds. The molecule has 0 saturated heterocycles. The Morgan fingerprint density at radius 3 is 2.40 bits per heavy atom. The number of nitrogens with zero attached hydrogens (tertiary/aromatic N) is 2. The van der Waals surface area contributed by atoms with Gasteiger partial charge in [0, 0.05) is 5.56 Å². The van der Waals surface area contributed by atoms with Gasteiger partial charge in [-0.05, 0) is 42.8 Å². The normalized spacial score (nSPS) is 10.3. The van der Waals surface area contributed by atoms with Gasteiger partial charge in [-0.3, -0.25) is 0 Å². The number of aromatic nitrogens is 2. The van der Waals surface area contributed by atoms with E-state index in [9.17, 15) is 4.39 Å². The topological polar surface area (TPSA) is 51.8 Å². The Morgan fingerprint density at radius 2 is 1.80 bits per heavy atom. The van der Waals surface area contributed by atoms with Gasteiger partial charge in [0.15, 0.2) is 0 Å². The minimum atomic E-state index is -0.264. The lowest BCUT2D eigenvalue weighted by Gasteiger charge is -2.04. The van der Waals surface area contributed by atoms with Crippen LogP contribution in [0.15, 0.2) is 30.3 Å². The quantitative estimate of drug-likeness (QED) is 0.772. The second kappa shape index (κ2) is 3.65. The van der Waals surface area contributed by atoms with Crippen LogP contribution in [0.4, 0.5) is 10.2 Å². The van der Waals surface area contributed by atoms with Crippen LogP contribution >= 0.6 is 0 Å². The summed E-state index contributed by atoms with van der Waals surface area (Å²) in [4.78, 5) is 0. The smallest absolute Gasteiger partial charge is 0.146 e. The summed E-state index contributed by atoms with van der Waals surface area (Å²) < 4.78 is 12.7. The summed E-state index contributed by atoms with van der Waals surface area (Å²) in [6, 6.07) is 7.87. The molecule has 76 valence electrons. The van der Waals surface area contributed by atoms with E-state index in [4.69, 9.17) is 5.73 Å². The van der Waals surface area contributed by atoms with E-state index in [1.807, 2.05) is 6.92 Å². The molecule has 0 saturated carbocycles. The number of halogens is 1. The van der Waals surface area contributed by atoms with E-state index >= 15 is 0 Å². The Kier molecular flexibility index (Phi) is 2.33. The number of rotatable bonds is 1. The van der Waals surface area contributed by atoms with Crippen LogP contribution < -0.4 is 5.73 Å². The highest BCUT2D eigenvalue weighted by molar-refractivity contribution is 5.63. The van der Waals surface area contributed by atoms with Crippen LogP contribution in [0, 0.1) is 12.7 Å². The molecule has 0 unspecified atom stereocenters. The first-order chi connectivity index (χ1) is 7.16. The Labute approximate surface area is 86.8 Å². The Bertz CT molecular complexity index is 480. The first-order valence-electron chi connectivity index (χ1n) is 4.52. The van der Waals surface area contributed by atoms with Crippen LogP contribution in [0.3, 0.4) is 0 Å². The largest absolute Gasteiger partial charge is 0.382 e. The van der Waals surface area contributed by atoms with E-state index in [2.05, 4.69) is 10.2 Å². The molecule has 0 spiro atoms. The van der Waals surface area contributed by atoms with Crippen molar-refractivity contribution in [3.8, 4) is 11.3 Å². The van der Waals surface area contributed by atoms with Crippen molar-refractivity contribution in [2.45, 2.75) is 6.92 Å². The predicted octanol–water partition coefficient (Wildman–Crippen LogP) is 2.17. The van der Waals surface area contributed by atoms with E-state index in [1.54, 1.807) is 18.2 Å². The van der Waals surface area contributed by atoms with Crippen molar-refractivity contribution in [3.63, 3.8) is 0 Å². The molecule has 15 heavy (non-hydrogen) atoms. The lowest BCUT2D eigenvalue weighted by Crippen LogP contribution is -1.97. The summed E-state index contributed by atoms with van der Waals surface area (Å²) in [5.41, 5.74) is 7.98. The van der Waals surface area contributed by atoms with Crippen LogP contribution in [0.2, 0.25) is 0 Å². The third kappa shape index (κ3) is 1.93. The molecule has 3 nitrogen and oxygen atoms in total. The van der Waals surface area contributed by atoms with Crippen molar-refractivity contribution >= 4 is 5.82 Å². The van der Waals surface area contributed by atoms with E-state index in [-0.39, 0.29) is 5.82 Å². The average molecular weight is 203 g/mol. The number of aryl methyl sites for hydroxylation is 1. The van der Waals surface area contributed by atoms with Crippen LogP contribution in [0.1, 0.15) is 5.56 Å². The molecule has 0 fully saturated rings. The molecule has 1 aromatic carbocycles. The van der Waals surface area contributed by atoms with E-state index in [1.165, 1.54) is 12.1 Å². The fourth-order valence-electron chi connectivity index (χ4n) is 1.40. The van der Waals surface area contributed by atoms with E-state index in [0.29, 0.717) is 5.82 Å². The average Bonchev–Trinajstić information content (AvgIpc) is 2.20. The Balaban J connectivity index is 2.49. The zero-order chi connectivity index (χ0) is 10.8. The molecule has 2 rings (SSSR count). The fourth-order valence-corrected chi connectivity index (χ4v) is 1.40. The fraction of sp³-hybridized carbons (Fsp3) is 0.0909. The highest BCUT2D eigenvalue weighted by atomic mass is 19.1. The van der Waals surface area contributed by atoms with Gasteiger partial charge in [0.05, 0.1) is 5.69 Å². The summed E-state index contributed by atoms with van der Waals surface area (Å²) in [7, 11) is 0. The molecule has 2 N–H and O–H groups in total. The number of hydrogen-bond donors (Lipinski definition) is 1. The second-order valence-electron chi connectivity index (χ2n) is 3.31. The Hall–Kier alpha value is -1.97. The molecule has 0 atom stereocenters. The molecule has 1 aromatic heterocycles. The molecular formula is C11H10FN3. The molecular weight excluding hydrogens is 193 g/mol. The minimum Gasteiger partial charge on any atom is -0.382 e. The van der Waals surface area contributed by atoms with Gasteiger partial charge in [0.25, 0.3) is 0 Å². The third-order valence-corrected chi connectivity index (χ3v) is 2.12. The van der Waals surface area contributed by atoms with Crippen molar-refractivity contribution in [2.24, 2.45) is 0 Å². The van der Waals surface area contributed by atoms with Gasteiger partial charge in [-0.2, -0.15) is 0 Å². The molecule has 0 bridgehead atoms. The first-order valence-corrected chi connectivity index (χ1v) is 4.52. The predicted molar refractivity (Wildman–Crippen MR) is 56.6 cm³/mol. The maximum atomic E-state index is 12.7. The van der Waals surface area contributed by atoms with E-state index < -0.39 is 0 Å². The zero-order valence-corrected chi connectivity index (χ0v) is 8.24. The van der Waals surface area contributed by atoms with Crippen molar-refractivity contribution in [1.82, 2.24) is 10.2 Å². The maximum Gasteiger partial charge on any atom is 0.146 e. The molecule has 4 heteroatoms. The first kappa shape index (κ1) is 9.58. The molecule has 1 heterocycles. The van der Waals surface area contributed by atoms with Crippen molar-refractivity contribution < 1.29 is 4.39 Å². The highest BCUT2D eigenvalue weighted by Gasteiger charge is 2.04. The second-order valence-corrected chi connectivity index (χ2v) is 3.31. The molecule has 0 radical (unpaired) electrons. The summed E-state index contributed by atoms with van der Waals surface area (Å²) in [6.07, 6.45) is 0. The number of nitrogen functional groups attached to an aromatic ring is 1. The molecule has 2 aromatic rings. The molecule has 0 aliphatic carbocycles. The minimum absolute atomic E-state index is 0.264. The Morgan fingerprint density at radius 1 is 1.13 bits per heavy atom. The van der Waals surface area contributed by atoms with Gasteiger partial charge in [-0.1, -0.05) is 0 Å². The number of hydrogen-bond acceptors (Lipinski definition) is 3. The zero-order valence-electron chi connectivity index (χ0n) is 8.24.